The maximum atomic E-state index is 13.1. The molecule has 0 bridgehead atoms. The van der Waals surface area contributed by atoms with Gasteiger partial charge in [-0.05, 0) is 46.1 Å². The molecule has 7 heteroatoms. The van der Waals surface area contributed by atoms with Crippen LogP contribution in [0.1, 0.15) is 66.7 Å². The zero-order chi connectivity index (χ0) is 20.7. The van der Waals surface area contributed by atoms with E-state index in [0.29, 0.717) is 36.5 Å². The fourth-order valence-corrected chi connectivity index (χ4v) is 3.34. The summed E-state index contributed by atoms with van der Waals surface area (Å²) >= 11 is 0. The molecule has 0 aliphatic heterocycles. The Hall–Kier alpha value is -2.31. The standard InChI is InChI=1S/C20H33N3O4/c1-8-21-20(26)22(11-13(4)5)12-16(24)17-14(6)18(19(25)27-10-3)23(9-2)15(17)7/h13H,8-12H2,1-7H3,(H,21,26). The van der Waals surface area contributed by atoms with Gasteiger partial charge in [-0.25, -0.2) is 9.59 Å². The Balaban J connectivity index is 3.25. The first kappa shape index (κ1) is 22.7. The van der Waals surface area contributed by atoms with E-state index in [1.165, 1.54) is 4.90 Å². The quantitative estimate of drug-likeness (QED) is 0.528. The van der Waals surface area contributed by atoms with Gasteiger partial charge in [-0.1, -0.05) is 13.8 Å². The van der Waals surface area contributed by atoms with E-state index in [4.69, 9.17) is 4.74 Å². The van der Waals surface area contributed by atoms with E-state index in [0.717, 1.165) is 5.69 Å². The lowest BCUT2D eigenvalue weighted by Crippen LogP contribution is -2.44. The second kappa shape index (κ2) is 10.1. The third-order valence-corrected chi connectivity index (χ3v) is 4.37. The molecular formula is C20H33N3O4. The third kappa shape index (κ3) is 5.34. The zero-order valence-corrected chi connectivity index (χ0v) is 17.6. The van der Waals surface area contributed by atoms with Crippen LogP contribution in [0.3, 0.4) is 0 Å². The highest BCUT2D eigenvalue weighted by Crippen LogP contribution is 2.24. The summed E-state index contributed by atoms with van der Waals surface area (Å²) in [6.45, 7) is 14.9. The number of Topliss-reactive ketones (excluding diaryl/α,β-unsaturated/α-hetero) is 1. The Morgan fingerprint density at radius 1 is 1.15 bits per heavy atom. The van der Waals surface area contributed by atoms with Crippen LogP contribution < -0.4 is 5.32 Å². The van der Waals surface area contributed by atoms with Gasteiger partial charge in [0.25, 0.3) is 0 Å². The number of nitrogens with zero attached hydrogens (tertiary/aromatic N) is 2. The summed E-state index contributed by atoms with van der Waals surface area (Å²) in [7, 11) is 0. The van der Waals surface area contributed by atoms with Crippen molar-refractivity contribution in [2.24, 2.45) is 5.92 Å². The smallest absolute Gasteiger partial charge is 0.355 e. The average Bonchev–Trinajstić information content (AvgIpc) is 2.84. The van der Waals surface area contributed by atoms with E-state index in [9.17, 15) is 14.4 Å². The number of ether oxygens (including phenoxy) is 1. The minimum absolute atomic E-state index is 0.0261. The molecule has 1 N–H and O–H groups in total. The predicted molar refractivity (Wildman–Crippen MR) is 105 cm³/mol. The second-order valence-corrected chi connectivity index (χ2v) is 6.93. The summed E-state index contributed by atoms with van der Waals surface area (Å²) in [6, 6.07) is -0.254. The Labute approximate surface area is 162 Å². The first-order valence-electron chi connectivity index (χ1n) is 9.62. The van der Waals surface area contributed by atoms with Crippen LogP contribution in [0.15, 0.2) is 0 Å². The number of amides is 2. The predicted octanol–water partition coefficient (Wildman–Crippen LogP) is 3.17. The fourth-order valence-electron chi connectivity index (χ4n) is 3.34. The zero-order valence-electron chi connectivity index (χ0n) is 17.6. The van der Waals surface area contributed by atoms with Gasteiger partial charge in [0, 0.05) is 30.9 Å². The van der Waals surface area contributed by atoms with E-state index < -0.39 is 5.97 Å². The summed E-state index contributed by atoms with van der Waals surface area (Å²) in [4.78, 5) is 39.3. The van der Waals surface area contributed by atoms with Crippen LogP contribution in [0.4, 0.5) is 4.79 Å². The van der Waals surface area contributed by atoms with Crippen molar-refractivity contribution >= 4 is 17.8 Å². The van der Waals surface area contributed by atoms with Crippen LogP contribution in [0, 0.1) is 19.8 Å². The number of ketones is 1. The number of aromatic nitrogens is 1. The van der Waals surface area contributed by atoms with Crippen molar-refractivity contribution in [3.8, 4) is 0 Å². The van der Waals surface area contributed by atoms with Gasteiger partial charge in [-0.2, -0.15) is 0 Å². The molecule has 0 atom stereocenters. The van der Waals surface area contributed by atoms with Gasteiger partial charge in [-0.3, -0.25) is 4.79 Å². The molecule has 0 unspecified atom stereocenters. The van der Waals surface area contributed by atoms with Gasteiger partial charge < -0.3 is 19.5 Å². The topological polar surface area (TPSA) is 80.6 Å². The van der Waals surface area contributed by atoms with Gasteiger partial charge in [-0.15, -0.1) is 0 Å². The van der Waals surface area contributed by atoms with Crippen LogP contribution in [-0.2, 0) is 11.3 Å². The molecule has 152 valence electrons. The molecule has 2 amide bonds. The molecule has 0 aliphatic rings. The number of urea groups is 1. The fraction of sp³-hybridized carbons (Fsp3) is 0.650. The molecule has 1 rings (SSSR count). The first-order valence-corrected chi connectivity index (χ1v) is 9.62. The molecule has 0 spiro atoms. The molecule has 0 fully saturated rings. The molecule has 0 aliphatic carbocycles. The Morgan fingerprint density at radius 3 is 2.26 bits per heavy atom. The van der Waals surface area contributed by atoms with Crippen molar-refractivity contribution in [2.75, 3.05) is 26.2 Å². The van der Waals surface area contributed by atoms with Crippen molar-refractivity contribution in [3.05, 3.63) is 22.5 Å². The van der Waals surface area contributed by atoms with Crippen molar-refractivity contribution in [2.45, 2.75) is 55.0 Å². The molecule has 0 aromatic carbocycles. The molecule has 1 aromatic rings. The monoisotopic (exact) mass is 379 g/mol. The van der Waals surface area contributed by atoms with Crippen LogP contribution in [0.5, 0.6) is 0 Å². The molecule has 1 heterocycles. The van der Waals surface area contributed by atoms with E-state index in [-0.39, 0.29) is 30.9 Å². The number of nitrogens with one attached hydrogen (secondary N) is 1. The molecule has 0 radical (unpaired) electrons. The molecular weight excluding hydrogens is 346 g/mol. The molecule has 0 saturated heterocycles. The maximum absolute atomic E-state index is 13.1. The lowest BCUT2D eigenvalue weighted by Gasteiger charge is -2.24. The number of carbonyl (C=O) groups excluding carboxylic acids is 3. The Kier molecular flexibility index (Phi) is 8.53. The number of rotatable bonds is 9. The minimum Gasteiger partial charge on any atom is -0.461 e. The molecule has 0 saturated carbocycles. The van der Waals surface area contributed by atoms with E-state index in [1.807, 2.05) is 34.6 Å². The van der Waals surface area contributed by atoms with Gasteiger partial charge in [0.2, 0.25) is 0 Å². The number of esters is 1. The molecule has 1 aromatic heterocycles. The van der Waals surface area contributed by atoms with Crippen molar-refractivity contribution in [1.82, 2.24) is 14.8 Å². The highest BCUT2D eigenvalue weighted by atomic mass is 16.5. The highest BCUT2D eigenvalue weighted by molar-refractivity contribution is 6.04. The van der Waals surface area contributed by atoms with Crippen molar-refractivity contribution in [1.29, 1.82) is 0 Å². The van der Waals surface area contributed by atoms with Crippen LogP contribution in [-0.4, -0.2) is 53.5 Å². The lowest BCUT2D eigenvalue weighted by molar-refractivity contribution is 0.0512. The summed E-state index contributed by atoms with van der Waals surface area (Å²) in [6.07, 6.45) is 0. The van der Waals surface area contributed by atoms with Gasteiger partial charge >= 0.3 is 12.0 Å². The Bertz CT molecular complexity index is 692. The third-order valence-electron chi connectivity index (χ3n) is 4.37. The molecule has 27 heavy (non-hydrogen) atoms. The minimum atomic E-state index is -0.429. The van der Waals surface area contributed by atoms with Gasteiger partial charge in [0.1, 0.15) is 5.69 Å². The lowest BCUT2D eigenvalue weighted by atomic mass is 10.0. The van der Waals surface area contributed by atoms with Crippen LogP contribution >= 0.6 is 0 Å². The second-order valence-electron chi connectivity index (χ2n) is 6.93. The summed E-state index contributed by atoms with van der Waals surface area (Å²) in [5.41, 5.74) is 2.24. The summed E-state index contributed by atoms with van der Waals surface area (Å²) in [5.74, 6) is -0.366. The van der Waals surface area contributed by atoms with Crippen LogP contribution in [0.2, 0.25) is 0 Å². The number of hydrogen-bond acceptors (Lipinski definition) is 4. The SMILES string of the molecule is CCNC(=O)N(CC(=O)c1c(C)c(C(=O)OCC)n(CC)c1C)CC(C)C. The largest absolute Gasteiger partial charge is 0.461 e. The van der Waals surface area contributed by atoms with Gasteiger partial charge in [0.15, 0.2) is 5.78 Å². The van der Waals surface area contributed by atoms with Crippen molar-refractivity contribution < 1.29 is 19.1 Å². The van der Waals surface area contributed by atoms with E-state index in [1.54, 1.807) is 18.4 Å². The maximum Gasteiger partial charge on any atom is 0.355 e. The number of carbonyl (C=O) groups is 3. The molecule has 7 nitrogen and oxygen atoms in total. The van der Waals surface area contributed by atoms with Crippen LogP contribution in [0.25, 0.3) is 0 Å². The highest BCUT2D eigenvalue weighted by Gasteiger charge is 2.28. The van der Waals surface area contributed by atoms with Crippen molar-refractivity contribution in [3.63, 3.8) is 0 Å². The van der Waals surface area contributed by atoms with E-state index in [2.05, 4.69) is 5.32 Å². The Morgan fingerprint density at radius 2 is 1.78 bits per heavy atom. The van der Waals surface area contributed by atoms with Gasteiger partial charge in [0.05, 0.1) is 13.2 Å². The number of hydrogen-bond donors (Lipinski definition) is 1. The summed E-state index contributed by atoms with van der Waals surface area (Å²) < 4.78 is 6.96. The first-order chi connectivity index (χ1) is 12.7. The van der Waals surface area contributed by atoms with E-state index >= 15 is 0 Å². The normalized spacial score (nSPS) is 10.8. The summed E-state index contributed by atoms with van der Waals surface area (Å²) in [5, 5.41) is 2.76. The average molecular weight is 380 g/mol.